The van der Waals surface area contributed by atoms with Crippen molar-refractivity contribution >= 4 is 17.6 Å². The van der Waals surface area contributed by atoms with Crippen molar-refractivity contribution in [2.45, 2.75) is 25.1 Å². The number of ether oxygens (including phenoxy) is 2. The van der Waals surface area contributed by atoms with E-state index >= 15 is 0 Å². The second kappa shape index (κ2) is 5.61. The van der Waals surface area contributed by atoms with E-state index in [0.717, 1.165) is 5.56 Å². The number of aryl methyl sites for hydroxylation is 1. The molecule has 0 bridgehead atoms. The summed E-state index contributed by atoms with van der Waals surface area (Å²) in [5.41, 5.74) is 1.76. The third-order valence-electron chi connectivity index (χ3n) is 3.02. The van der Waals surface area contributed by atoms with Crippen LogP contribution < -0.4 is 4.74 Å². The second-order valence-corrected chi connectivity index (χ2v) is 5.12. The Morgan fingerprint density at radius 1 is 1.50 bits per heavy atom. The van der Waals surface area contributed by atoms with Crippen molar-refractivity contribution in [2.75, 3.05) is 13.7 Å². The van der Waals surface area contributed by atoms with Gasteiger partial charge in [0.2, 0.25) is 0 Å². The normalized spacial score (nSPS) is 16.2. The van der Waals surface area contributed by atoms with Gasteiger partial charge in [-0.2, -0.15) is 0 Å². The molecule has 1 aliphatic carbocycles. The summed E-state index contributed by atoms with van der Waals surface area (Å²) in [6.45, 7) is 2.68. The highest BCUT2D eigenvalue weighted by molar-refractivity contribution is 6.30. The van der Waals surface area contributed by atoms with Crippen LogP contribution in [0.1, 0.15) is 29.3 Å². The fraction of sp³-hybridized carbons (Fsp3) is 0.500. The second-order valence-electron chi connectivity index (χ2n) is 4.68. The molecule has 3 nitrogen and oxygen atoms in total. The van der Waals surface area contributed by atoms with Crippen LogP contribution in [0.4, 0.5) is 0 Å². The number of esters is 1. The lowest BCUT2D eigenvalue weighted by molar-refractivity contribution is -0.140. The SMILES string of the molecule is COC(=O)C(Cl)c1ccc(C)cc1OCC1CC1. The summed E-state index contributed by atoms with van der Waals surface area (Å²) in [6.07, 6.45) is 2.45. The fourth-order valence-corrected chi connectivity index (χ4v) is 1.97. The number of alkyl halides is 1. The first-order chi connectivity index (χ1) is 8.61. The summed E-state index contributed by atoms with van der Waals surface area (Å²) in [4.78, 5) is 11.5. The molecule has 98 valence electrons. The number of carbonyl (C=O) groups is 1. The molecule has 0 spiro atoms. The standard InChI is InChI=1S/C14H17ClO3/c1-9-3-6-11(13(15)14(16)17-2)12(7-9)18-8-10-4-5-10/h3,6-7,10,13H,4-5,8H2,1-2H3. The minimum absolute atomic E-state index is 0.461. The van der Waals surface area contributed by atoms with Crippen molar-refractivity contribution in [3.05, 3.63) is 29.3 Å². The van der Waals surface area contributed by atoms with Crippen molar-refractivity contribution in [3.8, 4) is 5.75 Å². The van der Waals surface area contributed by atoms with Crippen LogP contribution in [0.3, 0.4) is 0 Å². The Hall–Kier alpha value is -1.22. The Kier molecular flexibility index (Phi) is 4.12. The van der Waals surface area contributed by atoms with Gasteiger partial charge in [-0.25, -0.2) is 0 Å². The molecule has 1 unspecified atom stereocenters. The largest absolute Gasteiger partial charge is 0.493 e. The first-order valence-electron chi connectivity index (χ1n) is 6.07. The average Bonchev–Trinajstić information content (AvgIpc) is 3.18. The molecule has 0 radical (unpaired) electrons. The van der Waals surface area contributed by atoms with Crippen LogP contribution in [-0.2, 0) is 9.53 Å². The molecule has 0 aromatic heterocycles. The first kappa shape index (κ1) is 13.2. The fourth-order valence-electron chi connectivity index (χ4n) is 1.70. The summed E-state index contributed by atoms with van der Waals surface area (Å²) in [5, 5.41) is -0.815. The Bertz CT molecular complexity index is 441. The number of halogens is 1. The molecular weight excluding hydrogens is 252 g/mol. The topological polar surface area (TPSA) is 35.5 Å². The molecule has 1 fully saturated rings. The van der Waals surface area contributed by atoms with E-state index in [-0.39, 0.29) is 0 Å². The van der Waals surface area contributed by atoms with Crippen LogP contribution in [0.2, 0.25) is 0 Å². The molecule has 0 amide bonds. The molecule has 1 atom stereocenters. The molecule has 1 aliphatic rings. The lowest BCUT2D eigenvalue weighted by Gasteiger charge is -2.15. The van der Waals surface area contributed by atoms with Gasteiger partial charge in [-0.15, -0.1) is 11.6 Å². The van der Waals surface area contributed by atoms with E-state index in [1.807, 2.05) is 25.1 Å². The van der Waals surface area contributed by atoms with Gasteiger partial charge >= 0.3 is 5.97 Å². The average molecular weight is 269 g/mol. The number of hydrogen-bond donors (Lipinski definition) is 0. The number of rotatable bonds is 5. The van der Waals surface area contributed by atoms with Gasteiger partial charge in [0.15, 0.2) is 5.38 Å². The van der Waals surface area contributed by atoms with Crippen LogP contribution in [0.5, 0.6) is 5.75 Å². The molecule has 1 aromatic rings. The third-order valence-corrected chi connectivity index (χ3v) is 3.43. The number of carbonyl (C=O) groups excluding carboxylic acids is 1. The van der Waals surface area contributed by atoms with Gasteiger partial charge in [-0.3, -0.25) is 4.79 Å². The molecule has 18 heavy (non-hydrogen) atoms. The number of methoxy groups -OCH3 is 1. The zero-order valence-corrected chi connectivity index (χ0v) is 11.4. The van der Waals surface area contributed by atoms with Gasteiger partial charge in [0.25, 0.3) is 0 Å². The van der Waals surface area contributed by atoms with Crippen molar-refractivity contribution in [1.29, 1.82) is 0 Å². The van der Waals surface area contributed by atoms with Crippen LogP contribution in [0, 0.1) is 12.8 Å². The maximum absolute atomic E-state index is 11.5. The smallest absolute Gasteiger partial charge is 0.328 e. The maximum Gasteiger partial charge on any atom is 0.328 e. The van der Waals surface area contributed by atoms with E-state index in [1.165, 1.54) is 20.0 Å². The number of benzene rings is 1. The molecule has 4 heteroatoms. The summed E-state index contributed by atoms with van der Waals surface area (Å²) in [7, 11) is 1.33. The summed E-state index contributed by atoms with van der Waals surface area (Å²) >= 11 is 6.09. The maximum atomic E-state index is 11.5. The summed E-state index contributed by atoms with van der Waals surface area (Å²) in [6, 6.07) is 5.65. The predicted octanol–water partition coefficient (Wildman–Crippen LogP) is 3.24. The highest BCUT2D eigenvalue weighted by Crippen LogP contribution is 2.34. The third kappa shape index (κ3) is 3.16. The van der Waals surface area contributed by atoms with Gasteiger partial charge in [0, 0.05) is 5.56 Å². The zero-order valence-electron chi connectivity index (χ0n) is 10.6. The van der Waals surface area contributed by atoms with Crippen LogP contribution in [-0.4, -0.2) is 19.7 Å². The molecular formula is C14H17ClO3. The van der Waals surface area contributed by atoms with Crippen LogP contribution in [0.25, 0.3) is 0 Å². The van der Waals surface area contributed by atoms with E-state index in [9.17, 15) is 4.79 Å². The van der Waals surface area contributed by atoms with Gasteiger partial charge < -0.3 is 9.47 Å². The molecule has 1 saturated carbocycles. The van der Waals surface area contributed by atoms with Gasteiger partial charge in [-0.05, 0) is 37.3 Å². The van der Waals surface area contributed by atoms with Crippen LogP contribution >= 0.6 is 11.6 Å². The van der Waals surface area contributed by atoms with Crippen molar-refractivity contribution in [2.24, 2.45) is 5.92 Å². The lowest BCUT2D eigenvalue weighted by Crippen LogP contribution is -2.11. The van der Waals surface area contributed by atoms with E-state index in [4.69, 9.17) is 16.3 Å². The Morgan fingerprint density at radius 2 is 2.22 bits per heavy atom. The zero-order chi connectivity index (χ0) is 13.1. The van der Waals surface area contributed by atoms with Gasteiger partial charge in [-0.1, -0.05) is 12.1 Å². The van der Waals surface area contributed by atoms with E-state index < -0.39 is 11.3 Å². The minimum Gasteiger partial charge on any atom is -0.493 e. The highest BCUT2D eigenvalue weighted by atomic mass is 35.5. The van der Waals surface area contributed by atoms with Crippen molar-refractivity contribution in [1.82, 2.24) is 0 Å². The molecule has 0 aliphatic heterocycles. The molecule has 0 N–H and O–H groups in total. The molecule has 0 saturated heterocycles. The quantitative estimate of drug-likeness (QED) is 0.607. The highest BCUT2D eigenvalue weighted by Gasteiger charge is 2.25. The minimum atomic E-state index is -0.815. The van der Waals surface area contributed by atoms with Crippen molar-refractivity contribution in [3.63, 3.8) is 0 Å². The van der Waals surface area contributed by atoms with Gasteiger partial charge in [0.05, 0.1) is 13.7 Å². The molecule has 1 aromatic carbocycles. The molecule has 0 heterocycles. The van der Waals surface area contributed by atoms with E-state index in [2.05, 4.69) is 4.74 Å². The number of hydrogen-bond acceptors (Lipinski definition) is 3. The first-order valence-corrected chi connectivity index (χ1v) is 6.50. The Balaban J connectivity index is 2.18. The Labute approximate surface area is 112 Å². The Morgan fingerprint density at radius 3 is 2.83 bits per heavy atom. The summed E-state index contributed by atoms with van der Waals surface area (Å²) < 4.78 is 10.4. The van der Waals surface area contributed by atoms with E-state index in [0.29, 0.717) is 23.8 Å². The summed E-state index contributed by atoms with van der Waals surface area (Å²) in [5.74, 6) is 0.884. The van der Waals surface area contributed by atoms with Crippen molar-refractivity contribution < 1.29 is 14.3 Å². The molecule has 2 rings (SSSR count). The predicted molar refractivity (Wildman–Crippen MR) is 70.0 cm³/mol. The monoisotopic (exact) mass is 268 g/mol. The van der Waals surface area contributed by atoms with E-state index in [1.54, 1.807) is 0 Å². The van der Waals surface area contributed by atoms with Gasteiger partial charge in [0.1, 0.15) is 5.75 Å². The lowest BCUT2D eigenvalue weighted by atomic mass is 10.1. The van der Waals surface area contributed by atoms with Crippen LogP contribution in [0.15, 0.2) is 18.2 Å².